The lowest BCUT2D eigenvalue weighted by atomic mass is 10.1. The average molecular weight is 284 g/mol. The highest BCUT2D eigenvalue weighted by Crippen LogP contribution is 2.10. The number of hydrogen-bond acceptors (Lipinski definition) is 3. The van der Waals surface area contributed by atoms with Crippen molar-refractivity contribution in [3.63, 3.8) is 0 Å². The van der Waals surface area contributed by atoms with E-state index in [1.165, 1.54) is 12.0 Å². The molecule has 1 fully saturated rings. The Labute approximate surface area is 126 Å². The number of hydrogen-bond donors (Lipinski definition) is 1. The minimum Gasteiger partial charge on any atom is -0.337 e. The molecule has 4 heteroatoms. The van der Waals surface area contributed by atoms with Crippen molar-refractivity contribution in [1.29, 1.82) is 0 Å². The van der Waals surface area contributed by atoms with Crippen molar-refractivity contribution < 1.29 is 0 Å². The molecular weight excluding hydrogens is 260 g/mol. The molecular formula is C17H24N4. The largest absolute Gasteiger partial charge is 0.337 e. The molecule has 1 atom stereocenters. The van der Waals surface area contributed by atoms with E-state index in [4.69, 9.17) is 0 Å². The van der Waals surface area contributed by atoms with Gasteiger partial charge in [0.05, 0.1) is 6.54 Å². The zero-order chi connectivity index (χ0) is 14.5. The van der Waals surface area contributed by atoms with Crippen LogP contribution in [0.2, 0.25) is 0 Å². The quantitative estimate of drug-likeness (QED) is 0.930. The van der Waals surface area contributed by atoms with Gasteiger partial charge in [0, 0.05) is 32.0 Å². The maximum Gasteiger partial charge on any atom is 0.122 e. The van der Waals surface area contributed by atoms with E-state index in [-0.39, 0.29) is 0 Å². The van der Waals surface area contributed by atoms with Gasteiger partial charge in [0.2, 0.25) is 0 Å². The van der Waals surface area contributed by atoms with Gasteiger partial charge in [-0.15, -0.1) is 0 Å². The van der Waals surface area contributed by atoms with Gasteiger partial charge in [-0.3, -0.25) is 4.90 Å². The molecule has 1 N–H and O–H groups in total. The number of aryl methyl sites for hydroxylation is 1. The summed E-state index contributed by atoms with van der Waals surface area (Å²) in [7, 11) is 2.07. The van der Waals surface area contributed by atoms with Gasteiger partial charge in [0.15, 0.2) is 0 Å². The Bertz CT molecular complexity index is 549. The van der Waals surface area contributed by atoms with Gasteiger partial charge >= 0.3 is 0 Å². The molecule has 0 amide bonds. The average Bonchev–Trinajstić information content (AvgIpc) is 2.76. The van der Waals surface area contributed by atoms with Crippen LogP contribution in [-0.2, 0) is 20.0 Å². The molecule has 2 heterocycles. The molecule has 1 aromatic carbocycles. The molecule has 21 heavy (non-hydrogen) atoms. The second-order valence-electron chi connectivity index (χ2n) is 5.88. The van der Waals surface area contributed by atoms with Gasteiger partial charge in [0.25, 0.3) is 0 Å². The van der Waals surface area contributed by atoms with Crippen LogP contribution in [0.5, 0.6) is 0 Å². The first kappa shape index (κ1) is 14.3. The monoisotopic (exact) mass is 284 g/mol. The second kappa shape index (κ2) is 6.87. The van der Waals surface area contributed by atoms with Gasteiger partial charge in [-0.2, -0.15) is 0 Å². The van der Waals surface area contributed by atoms with Crippen molar-refractivity contribution in [2.24, 2.45) is 7.05 Å². The van der Waals surface area contributed by atoms with E-state index in [1.807, 2.05) is 12.4 Å². The molecule has 3 rings (SSSR count). The number of aromatic nitrogens is 2. The first-order chi connectivity index (χ1) is 10.3. The third-order valence-electron chi connectivity index (χ3n) is 4.17. The predicted octanol–water partition coefficient (Wildman–Crippen LogP) is 1.83. The molecule has 1 aliphatic heterocycles. The maximum atomic E-state index is 4.45. The van der Waals surface area contributed by atoms with E-state index in [0.29, 0.717) is 6.04 Å². The molecule has 1 saturated heterocycles. The Kier molecular flexibility index (Phi) is 4.68. The first-order valence-corrected chi connectivity index (χ1v) is 7.77. The molecule has 1 aliphatic rings. The van der Waals surface area contributed by atoms with Crippen LogP contribution >= 0.6 is 0 Å². The molecule has 4 nitrogen and oxygen atoms in total. The van der Waals surface area contributed by atoms with Crippen LogP contribution in [-0.4, -0.2) is 40.1 Å². The minimum absolute atomic E-state index is 0.523. The number of rotatable bonds is 4. The van der Waals surface area contributed by atoms with Gasteiger partial charge in [-0.1, -0.05) is 30.3 Å². The minimum atomic E-state index is 0.523. The number of benzene rings is 1. The Morgan fingerprint density at radius 1 is 1.29 bits per heavy atom. The van der Waals surface area contributed by atoms with Crippen LogP contribution in [0, 0.1) is 0 Å². The van der Waals surface area contributed by atoms with Crippen LogP contribution in [0.15, 0.2) is 42.7 Å². The fraction of sp³-hybridized carbons (Fsp3) is 0.471. The highest BCUT2D eigenvalue weighted by Gasteiger charge is 2.19. The van der Waals surface area contributed by atoms with Gasteiger partial charge < -0.3 is 9.88 Å². The molecule has 1 aromatic heterocycles. The predicted molar refractivity (Wildman–Crippen MR) is 85.0 cm³/mol. The van der Waals surface area contributed by atoms with Crippen LogP contribution < -0.4 is 5.32 Å². The summed E-state index contributed by atoms with van der Waals surface area (Å²) in [5, 5.41) is 3.69. The van der Waals surface area contributed by atoms with E-state index >= 15 is 0 Å². The van der Waals surface area contributed by atoms with Gasteiger partial charge in [-0.25, -0.2) is 4.98 Å². The Morgan fingerprint density at radius 2 is 2.14 bits per heavy atom. The highest BCUT2D eigenvalue weighted by molar-refractivity contribution is 5.16. The van der Waals surface area contributed by atoms with Crippen molar-refractivity contribution in [1.82, 2.24) is 19.8 Å². The number of imidazole rings is 1. The summed E-state index contributed by atoms with van der Waals surface area (Å²) in [6.45, 7) is 4.28. The molecule has 112 valence electrons. The van der Waals surface area contributed by atoms with E-state index in [2.05, 4.69) is 57.1 Å². The van der Waals surface area contributed by atoms with Crippen molar-refractivity contribution >= 4 is 0 Å². The Hall–Kier alpha value is -1.65. The summed E-state index contributed by atoms with van der Waals surface area (Å²) in [5.41, 5.74) is 1.41. The third kappa shape index (κ3) is 3.93. The van der Waals surface area contributed by atoms with Crippen LogP contribution in [0.3, 0.4) is 0 Å². The summed E-state index contributed by atoms with van der Waals surface area (Å²) in [6.07, 6.45) is 6.20. The SMILES string of the molecule is Cn1ccnc1CN1CCCNC(Cc2ccccc2)C1. The topological polar surface area (TPSA) is 33.1 Å². The van der Waals surface area contributed by atoms with Crippen LogP contribution in [0.25, 0.3) is 0 Å². The van der Waals surface area contributed by atoms with E-state index in [9.17, 15) is 0 Å². The van der Waals surface area contributed by atoms with Crippen LogP contribution in [0.4, 0.5) is 0 Å². The lowest BCUT2D eigenvalue weighted by Gasteiger charge is -2.24. The summed E-state index contributed by atoms with van der Waals surface area (Å²) in [4.78, 5) is 6.97. The fourth-order valence-corrected chi connectivity index (χ4v) is 3.00. The fourth-order valence-electron chi connectivity index (χ4n) is 3.00. The van der Waals surface area contributed by atoms with Crippen molar-refractivity contribution in [3.05, 3.63) is 54.1 Å². The molecule has 2 aromatic rings. The zero-order valence-electron chi connectivity index (χ0n) is 12.7. The molecule has 1 unspecified atom stereocenters. The first-order valence-electron chi connectivity index (χ1n) is 7.77. The summed E-state index contributed by atoms with van der Waals surface area (Å²) in [5.74, 6) is 1.15. The van der Waals surface area contributed by atoms with Crippen molar-refractivity contribution in [2.45, 2.75) is 25.4 Å². The van der Waals surface area contributed by atoms with Crippen molar-refractivity contribution in [3.8, 4) is 0 Å². The van der Waals surface area contributed by atoms with E-state index < -0.39 is 0 Å². The normalized spacial score (nSPS) is 20.3. The molecule has 0 aliphatic carbocycles. The summed E-state index contributed by atoms with van der Waals surface area (Å²) in [6, 6.07) is 11.3. The molecule has 0 bridgehead atoms. The second-order valence-corrected chi connectivity index (χ2v) is 5.88. The molecule has 0 spiro atoms. The number of nitrogens with one attached hydrogen (secondary N) is 1. The third-order valence-corrected chi connectivity index (χ3v) is 4.17. The van der Waals surface area contributed by atoms with E-state index in [1.54, 1.807) is 0 Å². The molecule has 0 saturated carbocycles. The Balaban J connectivity index is 1.62. The highest BCUT2D eigenvalue weighted by atomic mass is 15.2. The summed E-state index contributed by atoms with van der Waals surface area (Å²) < 4.78 is 2.12. The zero-order valence-corrected chi connectivity index (χ0v) is 12.7. The Morgan fingerprint density at radius 3 is 2.90 bits per heavy atom. The standard InChI is InChI=1S/C17H24N4/c1-20-11-9-19-17(20)14-21-10-5-8-18-16(13-21)12-15-6-3-2-4-7-15/h2-4,6-7,9,11,16,18H,5,8,10,12-14H2,1H3. The van der Waals surface area contributed by atoms with E-state index in [0.717, 1.165) is 38.4 Å². The maximum absolute atomic E-state index is 4.45. The van der Waals surface area contributed by atoms with Gasteiger partial charge in [-0.05, 0) is 31.5 Å². The smallest absolute Gasteiger partial charge is 0.122 e. The molecule has 0 radical (unpaired) electrons. The van der Waals surface area contributed by atoms with Crippen LogP contribution in [0.1, 0.15) is 17.8 Å². The lowest BCUT2D eigenvalue weighted by Crippen LogP contribution is -2.39. The van der Waals surface area contributed by atoms with Crippen molar-refractivity contribution in [2.75, 3.05) is 19.6 Å². The van der Waals surface area contributed by atoms with Gasteiger partial charge in [0.1, 0.15) is 5.82 Å². The number of nitrogens with zero attached hydrogens (tertiary/aromatic N) is 3. The lowest BCUT2D eigenvalue weighted by molar-refractivity contribution is 0.250. The summed E-state index contributed by atoms with van der Waals surface area (Å²) >= 11 is 0.